The maximum atomic E-state index is 9.32. The summed E-state index contributed by atoms with van der Waals surface area (Å²) in [6, 6.07) is 52.6. The molecule has 0 amide bonds. The fraction of sp³-hybridized carbons (Fsp3) is 0.0244. The predicted molar refractivity (Wildman–Crippen MR) is 174 cm³/mol. The van der Waals surface area contributed by atoms with Gasteiger partial charge < -0.3 is 0 Å². The predicted octanol–water partition coefficient (Wildman–Crippen LogP) is 9.78. The molecule has 0 fully saturated rings. The highest BCUT2D eigenvalue weighted by Crippen LogP contribution is 2.63. The molecule has 0 aliphatic heterocycles. The maximum Gasteiger partial charge on any atom is 0.0992 e. The van der Waals surface area contributed by atoms with Crippen LogP contribution in [0.15, 0.2) is 146 Å². The Morgan fingerprint density at radius 3 is 1.91 bits per heavy atom. The molecule has 1 aromatic heterocycles. The highest BCUT2D eigenvalue weighted by molar-refractivity contribution is 6.06. The zero-order valence-corrected chi connectivity index (χ0v) is 23.3. The van der Waals surface area contributed by atoms with Crippen molar-refractivity contribution in [2.45, 2.75) is 5.41 Å². The van der Waals surface area contributed by atoms with Gasteiger partial charge in [-0.25, -0.2) is 0 Å². The highest BCUT2D eigenvalue weighted by atomic mass is 14.7. The SMILES string of the molecule is N#Cc1ccnc(-c2ccc(-c3ccc4c(c3)-c3c(ccc5ccccc35)C43c4ccccc4-c4ccccc43)cc2)c1. The normalized spacial score (nSPS) is 13.3. The zero-order valence-electron chi connectivity index (χ0n) is 23.3. The number of nitrogens with zero attached hydrogens (tertiary/aromatic N) is 2. The van der Waals surface area contributed by atoms with Crippen LogP contribution >= 0.6 is 0 Å². The first-order chi connectivity index (χ1) is 21.3. The van der Waals surface area contributed by atoms with Gasteiger partial charge in [0.15, 0.2) is 0 Å². The summed E-state index contributed by atoms with van der Waals surface area (Å²) in [6.07, 6.45) is 1.69. The standard InChI is InChI=1S/C41H24N2/c42-25-26-21-22-43-39(23-26)29-15-13-27(14-16-29)30-18-19-37-34(24-30)40-31-8-2-1-7-28(31)17-20-38(40)41(37)35-11-5-3-9-32(35)33-10-4-6-12-36(33)41/h1-24H. The lowest BCUT2D eigenvalue weighted by molar-refractivity contribution is 0.794. The first-order valence-electron chi connectivity index (χ1n) is 14.6. The Morgan fingerprint density at radius 1 is 0.512 bits per heavy atom. The number of pyridine rings is 1. The number of hydrogen-bond donors (Lipinski definition) is 0. The van der Waals surface area contributed by atoms with E-state index in [0.29, 0.717) is 5.56 Å². The number of aromatic nitrogens is 1. The van der Waals surface area contributed by atoms with Crippen molar-refractivity contribution < 1.29 is 0 Å². The molecule has 43 heavy (non-hydrogen) atoms. The van der Waals surface area contributed by atoms with Crippen molar-refractivity contribution in [1.29, 1.82) is 5.26 Å². The molecule has 0 bridgehead atoms. The Hall–Kier alpha value is -5.78. The Labute approximate surface area is 250 Å². The first-order valence-corrected chi connectivity index (χ1v) is 14.6. The molecule has 1 heterocycles. The molecule has 198 valence electrons. The van der Waals surface area contributed by atoms with E-state index in [1.807, 2.05) is 6.07 Å². The lowest BCUT2D eigenvalue weighted by atomic mass is 9.70. The third-order valence-corrected chi connectivity index (χ3v) is 9.38. The van der Waals surface area contributed by atoms with Gasteiger partial charge in [0.05, 0.1) is 22.7 Å². The zero-order chi connectivity index (χ0) is 28.5. The molecule has 9 rings (SSSR count). The molecule has 0 saturated carbocycles. The van der Waals surface area contributed by atoms with Crippen molar-refractivity contribution in [2.75, 3.05) is 0 Å². The van der Waals surface area contributed by atoms with Gasteiger partial charge in [0.2, 0.25) is 0 Å². The summed E-state index contributed by atoms with van der Waals surface area (Å²) in [4.78, 5) is 4.49. The Morgan fingerprint density at radius 2 is 1.14 bits per heavy atom. The molecule has 1 spiro atoms. The number of rotatable bonds is 2. The van der Waals surface area contributed by atoms with Gasteiger partial charge in [-0.2, -0.15) is 5.26 Å². The van der Waals surface area contributed by atoms with E-state index in [9.17, 15) is 5.26 Å². The Balaban J connectivity index is 1.29. The molecule has 2 heteroatoms. The lowest BCUT2D eigenvalue weighted by Gasteiger charge is -2.30. The van der Waals surface area contributed by atoms with Crippen molar-refractivity contribution in [2.24, 2.45) is 0 Å². The largest absolute Gasteiger partial charge is 0.256 e. The number of hydrogen-bond acceptors (Lipinski definition) is 2. The minimum absolute atomic E-state index is 0.359. The minimum Gasteiger partial charge on any atom is -0.256 e. The average molecular weight is 545 g/mol. The molecule has 0 atom stereocenters. The topological polar surface area (TPSA) is 36.7 Å². The second-order valence-electron chi connectivity index (χ2n) is 11.4. The third kappa shape index (κ3) is 3.19. The second kappa shape index (κ2) is 8.86. The van der Waals surface area contributed by atoms with E-state index in [1.54, 1.807) is 12.3 Å². The quantitative estimate of drug-likeness (QED) is 0.217. The molecule has 2 nitrogen and oxygen atoms in total. The van der Waals surface area contributed by atoms with Crippen LogP contribution in [0, 0.1) is 11.3 Å². The van der Waals surface area contributed by atoms with E-state index in [2.05, 4.69) is 138 Å². The Bertz CT molecular complexity index is 2260. The van der Waals surface area contributed by atoms with Crippen LogP contribution in [0.3, 0.4) is 0 Å². The fourth-order valence-corrected chi connectivity index (χ4v) is 7.58. The molecule has 0 saturated heterocycles. The lowest BCUT2D eigenvalue weighted by Crippen LogP contribution is -2.25. The van der Waals surface area contributed by atoms with Gasteiger partial charge in [-0.05, 0) is 84.6 Å². The van der Waals surface area contributed by atoms with Crippen LogP contribution in [-0.4, -0.2) is 4.98 Å². The molecule has 0 radical (unpaired) electrons. The van der Waals surface area contributed by atoms with Gasteiger partial charge in [0, 0.05) is 11.8 Å². The van der Waals surface area contributed by atoms with Gasteiger partial charge in [0.25, 0.3) is 0 Å². The number of nitriles is 1. The van der Waals surface area contributed by atoms with Gasteiger partial charge in [0.1, 0.15) is 0 Å². The molecule has 7 aromatic rings. The summed E-state index contributed by atoms with van der Waals surface area (Å²) < 4.78 is 0. The minimum atomic E-state index is -0.359. The molecule has 0 N–H and O–H groups in total. The van der Waals surface area contributed by atoms with E-state index >= 15 is 0 Å². The van der Waals surface area contributed by atoms with Crippen LogP contribution in [0.2, 0.25) is 0 Å². The van der Waals surface area contributed by atoms with E-state index in [0.717, 1.165) is 16.8 Å². The first kappa shape index (κ1) is 23.9. The molecule has 2 aliphatic rings. The maximum absolute atomic E-state index is 9.32. The van der Waals surface area contributed by atoms with Crippen LogP contribution in [0.25, 0.3) is 55.4 Å². The Kier molecular flexibility index (Phi) is 4.92. The van der Waals surface area contributed by atoms with Gasteiger partial charge in [-0.3, -0.25) is 4.98 Å². The van der Waals surface area contributed by atoms with Crippen LogP contribution in [0.4, 0.5) is 0 Å². The fourth-order valence-electron chi connectivity index (χ4n) is 7.58. The van der Waals surface area contributed by atoms with Gasteiger partial charge in [-0.1, -0.05) is 121 Å². The summed E-state index contributed by atoms with van der Waals surface area (Å²) in [6.45, 7) is 0. The molecule has 6 aromatic carbocycles. The van der Waals surface area contributed by atoms with Crippen molar-refractivity contribution in [3.63, 3.8) is 0 Å². The molecular formula is C41H24N2. The van der Waals surface area contributed by atoms with E-state index in [-0.39, 0.29) is 5.41 Å². The number of benzene rings is 6. The third-order valence-electron chi connectivity index (χ3n) is 9.38. The van der Waals surface area contributed by atoms with E-state index in [4.69, 9.17) is 0 Å². The molecule has 2 aliphatic carbocycles. The molecular weight excluding hydrogens is 520 g/mol. The monoisotopic (exact) mass is 544 g/mol. The van der Waals surface area contributed by atoms with Crippen molar-refractivity contribution in [1.82, 2.24) is 4.98 Å². The smallest absolute Gasteiger partial charge is 0.0992 e. The summed E-state index contributed by atoms with van der Waals surface area (Å²) in [7, 11) is 0. The summed E-state index contributed by atoms with van der Waals surface area (Å²) in [5, 5.41) is 11.9. The van der Waals surface area contributed by atoms with Crippen molar-refractivity contribution in [3.05, 3.63) is 174 Å². The van der Waals surface area contributed by atoms with E-state index < -0.39 is 0 Å². The highest BCUT2D eigenvalue weighted by Gasteiger charge is 2.51. The summed E-state index contributed by atoms with van der Waals surface area (Å²) >= 11 is 0. The summed E-state index contributed by atoms with van der Waals surface area (Å²) in [5.74, 6) is 0. The summed E-state index contributed by atoms with van der Waals surface area (Å²) in [5.41, 5.74) is 15.1. The van der Waals surface area contributed by atoms with Gasteiger partial charge >= 0.3 is 0 Å². The van der Waals surface area contributed by atoms with Crippen LogP contribution < -0.4 is 0 Å². The van der Waals surface area contributed by atoms with Gasteiger partial charge in [-0.15, -0.1) is 0 Å². The van der Waals surface area contributed by atoms with Crippen molar-refractivity contribution >= 4 is 10.8 Å². The van der Waals surface area contributed by atoms with Crippen LogP contribution in [0.5, 0.6) is 0 Å². The van der Waals surface area contributed by atoms with Crippen molar-refractivity contribution in [3.8, 4) is 50.7 Å². The van der Waals surface area contributed by atoms with E-state index in [1.165, 1.54) is 60.8 Å². The van der Waals surface area contributed by atoms with Crippen LogP contribution in [-0.2, 0) is 5.41 Å². The second-order valence-corrected chi connectivity index (χ2v) is 11.4. The molecule has 0 unspecified atom stereocenters. The number of fused-ring (bicyclic) bond motifs is 12. The average Bonchev–Trinajstić information content (AvgIpc) is 3.55. The van der Waals surface area contributed by atoms with Crippen LogP contribution in [0.1, 0.15) is 27.8 Å².